The summed E-state index contributed by atoms with van der Waals surface area (Å²) in [4.78, 5) is 10.9. The molecule has 88 valence electrons. The van der Waals surface area contributed by atoms with Gasteiger partial charge in [-0.15, -0.1) is 23.1 Å². The second-order valence-electron chi connectivity index (χ2n) is 3.55. The molecule has 0 aliphatic carbocycles. The number of benzene rings is 1. The van der Waals surface area contributed by atoms with Crippen molar-refractivity contribution in [3.05, 3.63) is 53.4 Å². The number of hydrogen-bond acceptors (Lipinski definition) is 3. The maximum atomic E-state index is 10.9. The van der Waals surface area contributed by atoms with Crippen LogP contribution in [0.2, 0.25) is 0 Å². The van der Waals surface area contributed by atoms with Crippen LogP contribution in [0.3, 0.4) is 0 Å². The molecule has 0 bridgehead atoms. The van der Waals surface area contributed by atoms with Gasteiger partial charge in [-0.1, -0.05) is 36.4 Å². The van der Waals surface area contributed by atoms with Gasteiger partial charge in [-0.05, 0) is 17.0 Å². The van der Waals surface area contributed by atoms with Crippen LogP contribution in [0.15, 0.2) is 52.1 Å². The van der Waals surface area contributed by atoms with Crippen molar-refractivity contribution in [1.29, 1.82) is 0 Å². The fraction of sp³-hybridized carbons (Fsp3) is 0.154. The molecule has 0 saturated heterocycles. The van der Waals surface area contributed by atoms with Crippen molar-refractivity contribution in [2.45, 2.75) is 15.9 Å². The molecule has 0 saturated carbocycles. The Morgan fingerprint density at radius 2 is 2.00 bits per heavy atom. The molecule has 2 nitrogen and oxygen atoms in total. The standard InChI is InChI=1S/C13H12O2S2/c14-12(15)9-11(10-5-2-1-3-6-10)17-13-7-4-8-16-13/h1-8,11H,9H2,(H,14,15). The normalized spacial score (nSPS) is 12.2. The molecule has 1 aromatic carbocycles. The summed E-state index contributed by atoms with van der Waals surface area (Å²) >= 11 is 3.26. The summed E-state index contributed by atoms with van der Waals surface area (Å²) < 4.78 is 1.15. The van der Waals surface area contributed by atoms with Crippen LogP contribution in [0.4, 0.5) is 0 Å². The minimum Gasteiger partial charge on any atom is -0.481 e. The zero-order chi connectivity index (χ0) is 12.1. The first kappa shape index (κ1) is 12.2. The van der Waals surface area contributed by atoms with Crippen molar-refractivity contribution in [3.63, 3.8) is 0 Å². The Labute approximate surface area is 108 Å². The number of carboxylic acid groups (broad SMARTS) is 1. The summed E-state index contributed by atoms with van der Waals surface area (Å²) in [6.45, 7) is 0. The molecule has 0 aliphatic heterocycles. The molecule has 0 aliphatic rings. The topological polar surface area (TPSA) is 37.3 Å². The molecule has 1 unspecified atom stereocenters. The van der Waals surface area contributed by atoms with Gasteiger partial charge in [0.05, 0.1) is 10.6 Å². The monoisotopic (exact) mass is 264 g/mol. The van der Waals surface area contributed by atoms with Gasteiger partial charge in [-0.25, -0.2) is 0 Å². The van der Waals surface area contributed by atoms with Gasteiger partial charge >= 0.3 is 5.97 Å². The smallest absolute Gasteiger partial charge is 0.304 e. The number of thiophene rings is 1. The van der Waals surface area contributed by atoms with E-state index in [1.807, 2.05) is 47.8 Å². The molecule has 1 aromatic heterocycles. The van der Waals surface area contributed by atoms with E-state index < -0.39 is 5.97 Å². The number of carboxylic acids is 1. The summed E-state index contributed by atoms with van der Waals surface area (Å²) in [5.74, 6) is -0.761. The molecule has 0 spiro atoms. The highest BCUT2D eigenvalue weighted by atomic mass is 32.2. The molecular formula is C13H12O2S2. The van der Waals surface area contributed by atoms with Crippen molar-refractivity contribution < 1.29 is 9.90 Å². The lowest BCUT2D eigenvalue weighted by Crippen LogP contribution is -2.02. The summed E-state index contributed by atoms with van der Waals surface area (Å²) in [6, 6.07) is 13.8. The van der Waals surface area contributed by atoms with Crippen molar-refractivity contribution in [2.24, 2.45) is 0 Å². The van der Waals surface area contributed by atoms with Crippen molar-refractivity contribution in [3.8, 4) is 0 Å². The first-order valence-electron chi connectivity index (χ1n) is 5.22. The van der Waals surface area contributed by atoms with Crippen LogP contribution >= 0.6 is 23.1 Å². The Morgan fingerprint density at radius 3 is 2.59 bits per heavy atom. The van der Waals surface area contributed by atoms with Crippen molar-refractivity contribution >= 4 is 29.1 Å². The molecule has 0 radical (unpaired) electrons. The van der Waals surface area contributed by atoms with E-state index in [1.165, 1.54) is 0 Å². The lowest BCUT2D eigenvalue weighted by molar-refractivity contribution is -0.137. The number of thioether (sulfide) groups is 1. The number of hydrogen-bond donors (Lipinski definition) is 1. The van der Waals surface area contributed by atoms with Gasteiger partial charge in [-0.3, -0.25) is 4.79 Å². The maximum absolute atomic E-state index is 10.9. The first-order valence-corrected chi connectivity index (χ1v) is 6.98. The molecular weight excluding hydrogens is 252 g/mol. The molecule has 2 aromatic rings. The average Bonchev–Trinajstić information content (AvgIpc) is 2.82. The van der Waals surface area contributed by atoms with Crippen molar-refractivity contribution in [2.75, 3.05) is 0 Å². The van der Waals surface area contributed by atoms with E-state index in [4.69, 9.17) is 5.11 Å². The lowest BCUT2D eigenvalue weighted by atomic mass is 10.1. The van der Waals surface area contributed by atoms with Crippen LogP contribution in [0.1, 0.15) is 17.2 Å². The van der Waals surface area contributed by atoms with E-state index in [0.29, 0.717) is 0 Å². The Balaban J connectivity index is 2.16. The van der Waals surface area contributed by atoms with Crippen LogP contribution in [0.5, 0.6) is 0 Å². The fourth-order valence-electron chi connectivity index (χ4n) is 1.52. The van der Waals surface area contributed by atoms with Crippen LogP contribution in [0.25, 0.3) is 0 Å². The third kappa shape index (κ3) is 3.61. The third-order valence-corrected chi connectivity index (χ3v) is 4.62. The van der Waals surface area contributed by atoms with Gasteiger partial charge in [0.1, 0.15) is 0 Å². The maximum Gasteiger partial charge on any atom is 0.304 e. The summed E-state index contributed by atoms with van der Waals surface area (Å²) in [5, 5.41) is 10.9. The van der Waals surface area contributed by atoms with Crippen LogP contribution in [-0.2, 0) is 4.79 Å². The largest absolute Gasteiger partial charge is 0.481 e. The van der Waals surface area contributed by atoms with E-state index in [2.05, 4.69) is 0 Å². The van der Waals surface area contributed by atoms with E-state index in [-0.39, 0.29) is 11.7 Å². The van der Waals surface area contributed by atoms with E-state index in [9.17, 15) is 4.79 Å². The highest BCUT2D eigenvalue weighted by Crippen LogP contribution is 2.39. The second kappa shape index (κ2) is 5.89. The molecule has 1 atom stereocenters. The van der Waals surface area contributed by atoms with Gasteiger partial charge < -0.3 is 5.11 Å². The lowest BCUT2D eigenvalue weighted by Gasteiger charge is -2.13. The van der Waals surface area contributed by atoms with Crippen molar-refractivity contribution in [1.82, 2.24) is 0 Å². The summed E-state index contributed by atoms with van der Waals surface area (Å²) in [5.41, 5.74) is 1.06. The molecule has 1 N–H and O–H groups in total. The molecule has 17 heavy (non-hydrogen) atoms. The van der Waals surface area contributed by atoms with E-state index in [0.717, 1.165) is 9.77 Å². The molecule has 1 heterocycles. The predicted octanol–water partition coefficient (Wildman–Crippen LogP) is 4.06. The average molecular weight is 264 g/mol. The Kier molecular flexibility index (Phi) is 4.23. The molecule has 0 amide bonds. The predicted molar refractivity (Wildman–Crippen MR) is 71.6 cm³/mol. The van der Waals surface area contributed by atoms with Gasteiger partial charge in [0, 0.05) is 5.25 Å². The molecule has 0 fully saturated rings. The number of rotatable bonds is 5. The van der Waals surface area contributed by atoms with Gasteiger partial charge in [0.2, 0.25) is 0 Å². The number of aliphatic carboxylic acids is 1. The van der Waals surface area contributed by atoms with Gasteiger partial charge in [0.15, 0.2) is 0 Å². The summed E-state index contributed by atoms with van der Waals surface area (Å²) in [7, 11) is 0. The first-order chi connectivity index (χ1) is 8.25. The fourth-order valence-corrected chi connectivity index (χ4v) is 3.67. The molecule has 4 heteroatoms. The second-order valence-corrected chi connectivity index (χ2v) is 6.00. The Hall–Kier alpha value is -1.26. The minimum atomic E-state index is -0.761. The highest BCUT2D eigenvalue weighted by molar-refractivity contribution is 8.01. The van der Waals surface area contributed by atoms with Crippen LogP contribution < -0.4 is 0 Å². The zero-order valence-corrected chi connectivity index (χ0v) is 10.7. The minimum absolute atomic E-state index is 0.0210. The van der Waals surface area contributed by atoms with Crippen LogP contribution in [-0.4, -0.2) is 11.1 Å². The Morgan fingerprint density at radius 1 is 1.24 bits per heavy atom. The summed E-state index contributed by atoms with van der Waals surface area (Å²) in [6.07, 6.45) is 0.145. The number of carbonyl (C=O) groups is 1. The third-order valence-electron chi connectivity index (χ3n) is 2.28. The van der Waals surface area contributed by atoms with Gasteiger partial charge in [-0.2, -0.15) is 0 Å². The SMILES string of the molecule is O=C(O)CC(Sc1cccs1)c1ccccc1. The highest BCUT2D eigenvalue weighted by Gasteiger charge is 2.17. The van der Waals surface area contributed by atoms with Crippen LogP contribution in [0, 0.1) is 0 Å². The van der Waals surface area contributed by atoms with Gasteiger partial charge in [0.25, 0.3) is 0 Å². The Bertz CT molecular complexity index is 465. The zero-order valence-electron chi connectivity index (χ0n) is 9.08. The molecule has 2 rings (SSSR count). The van der Waals surface area contributed by atoms with E-state index >= 15 is 0 Å². The van der Waals surface area contributed by atoms with E-state index in [1.54, 1.807) is 23.1 Å². The quantitative estimate of drug-likeness (QED) is 0.828.